The number of nitrogens with zero attached hydrogens (tertiary/aromatic N) is 1. The molecule has 14 heavy (non-hydrogen) atoms. The van der Waals surface area contributed by atoms with E-state index in [2.05, 4.69) is 9.72 Å². The zero-order valence-electron chi connectivity index (χ0n) is 6.60. The summed E-state index contributed by atoms with van der Waals surface area (Å²) in [7, 11) is 0. The van der Waals surface area contributed by atoms with Crippen LogP contribution in [0.2, 0.25) is 0 Å². The lowest BCUT2D eigenvalue weighted by molar-refractivity contribution is -0.275. The Hall–Kier alpha value is -1.73. The maximum Gasteiger partial charge on any atom is 0.574 e. The van der Waals surface area contributed by atoms with E-state index in [4.69, 9.17) is 11.5 Å². The zero-order valence-corrected chi connectivity index (χ0v) is 6.60. The molecule has 0 aliphatic heterocycles. The van der Waals surface area contributed by atoms with Crippen molar-refractivity contribution < 1.29 is 22.3 Å². The lowest BCUT2D eigenvalue weighted by Crippen LogP contribution is -2.19. The van der Waals surface area contributed by atoms with Gasteiger partial charge < -0.3 is 16.2 Å². The standard InChI is InChI=1S/C6H5F4N3O/c7-2-1-3(11)13-5(4(2)12)14-6(8,9)10/h1H,12H2,(H2,11,13). The average Bonchev–Trinajstić information content (AvgIpc) is 1.96. The smallest absolute Gasteiger partial charge is 0.392 e. The molecule has 1 heterocycles. The maximum absolute atomic E-state index is 12.7. The van der Waals surface area contributed by atoms with Gasteiger partial charge in [-0.2, -0.15) is 4.98 Å². The molecule has 4 nitrogen and oxygen atoms in total. The van der Waals surface area contributed by atoms with Crippen LogP contribution in [0.4, 0.5) is 29.1 Å². The second-order valence-electron chi connectivity index (χ2n) is 2.30. The van der Waals surface area contributed by atoms with Crippen LogP contribution in [-0.4, -0.2) is 11.3 Å². The molecule has 0 aliphatic rings. The molecule has 1 aromatic rings. The number of hydrogen-bond donors (Lipinski definition) is 2. The second kappa shape index (κ2) is 3.20. The third-order valence-corrected chi connectivity index (χ3v) is 1.21. The maximum atomic E-state index is 12.7. The Morgan fingerprint density at radius 3 is 2.36 bits per heavy atom. The van der Waals surface area contributed by atoms with E-state index in [9.17, 15) is 17.6 Å². The Balaban J connectivity index is 3.09. The van der Waals surface area contributed by atoms with E-state index in [1.54, 1.807) is 0 Å². The van der Waals surface area contributed by atoms with Crippen molar-refractivity contribution in [2.45, 2.75) is 6.36 Å². The molecule has 0 bridgehead atoms. The Labute approximate surface area is 75.5 Å². The van der Waals surface area contributed by atoms with Crippen LogP contribution < -0.4 is 16.2 Å². The Kier molecular flexibility index (Phi) is 2.37. The van der Waals surface area contributed by atoms with Gasteiger partial charge in [-0.05, 0) is 0 Å². The first kappa shape index (κ1) is 10.4. The van der Waals surface area contributed by atoms with Gasteiger partial charge in [0.2, 0.25) is 5.88 Å². The fourth-order valence-electron chi connectivity index (χ4n) is 0.707. The molecule has 0 saturated carbocycles. The molecule has 4 N–H and O–H groups in total. The molecule has 0 saturated heterocycles. The number of nitrogens with two attached hydrogens (primary N) is 2. The summed E-state index contributed by atoms with van der Waals surface area (Å²) >= 11 is 0. The van der Waals surface area contributed by atoms with Crippen molar-refractivity contribution >= 4 is 11.5 Å². The Bertz CT molecular complexity index is 352. The first-order chi connectivity index (χ1) is 6.29. The highest BCUT2D eigenvalue weighted by Crippen LogP contribution is 2.28. The van der Waals surface area contributed by atoms with Gasteiger partial charge in [-0.15, -0.1) is 13.2 Å². The van der Waals surface area contributed by atoms with E-state index in [1.165, 1.54) is 0 Å². The molecule has 1 aromatic heterocycles. The zero-order chi connectivity index (χ0) is 10.9. The summed E-state index contributed by atoms with van der Waals surface area (Å²) in [5, 5.41) is 0. The van der Waals surface area contributed by atoms with Gasteiger partial charge in [-0.1, -0.05) is 0 Å². The van der Waals surface area contributed by atoms with Crippen molar-refractivity contribution in [3.8, 4) is 5.88 Å². The summed E-state index contributed by atoms with van der Waals surface area (Å²) in [6, 6.07) is 0.693. The van der Waals surface area contributed by atoms with Crippen molar-refractivity contribution in [3.05, 3.63) is 11.9 Å². The predicted molar refractivity (Wildman–Crippen MR) is 39.7 cm³/mol. The summed E-state index contributed by atoms with van der Waals surface area (Å²) in [4.78, 5) is 3.09. The van der Waals surface area contributed by atoms with Gasteiger partial charge in [-0.3, -0.25) is 0 Å². The number of nitrogen functional groups attached to an aromatic ring is 2. The molecule has 8 heteroatoms. The second-order valence-corrected chi connectivity index (χ2v) is 2.30. The number of alkyl halides is 3. The van der Waals surface area contributed by atoms with Crippen LogP contribution >= 0.6 is 0 Å². The fourth-order valence-corrected chi connectivity index (χ4v) is 0.707. The van der Waals surface area contributed by atoms with Crippen molar-refractivity contribution in [1.29, 1.82) is 0 Å². The van der Waals surface area contributed by atoms with Crippen molar-refractivity contribution in [2.24, 2.45) is 0 Å². The highest BCUT2D eigenvalue weighted by atomic mass is 19.4. The summed E-state index contributed by atoms with van der Waals surface area (Å²) in [5.74, 6) is -2.65. The highest BCUT2D eigenvalue weighted by Gasteiger charge is 2.33. The Morgan fingerprint density at radius 1 is 1.29 bits per heavy atom. The molecule has 78 valence electrons. The highest BCUT2D eigenvalue weighted by molar-refractivity contribution is 5.53. The van der Waals surface area contributed by atoms with Gasteiger partial charge in [0.1, 0.15) is 11.5 Å². The molecule has 0 aliphatic carbocycles. The van der Waals surface area contributed by atoms with Crippen molar-refractivity contribution in [2.75, 3.05) is 11.5 Å². The van der Waals surface area contributed by atoms with E-state index in [1.807, 2.05) is 0 Å². The van der Waals surface area contributed by atoms with E-state index in [0.717, 1.165) is 0 Å². The van der Waals surface area contributed by atoms with E-state index >= 15 is 0 Å². The van der Waals surface area contributed by atoms with Gasteiger partial charge in [-0.25, -0.2) is 4.39 Å². The summed E-state index contributed by atoms with van der Waals surface area (Å²) in [5.41, 5.74) is 9.10. The number of anilines is 2. The van der Waals surface area contributed by atoms with Gasteiger partial charge >= 0.3 is 6.36 Å². The van der Waals surface area contributed by atoms with Crippen molar-refractivity contribution in [3.63, 3.8) is 0 Å². The third-order valence-electron chi connectivity index (χ3n) is 1.21. The monoisotopic (exact) mass is 211 g/mol. The summed E-state index contributed by atoms with van der Waals surface area (Å²) in [6.45, 7) is 0. The van der Waals surface area contributed by atoms with Crippen LogP contribution in [0.5, 0.6) is 5.88 Å². The predicted octanol–water partition coefficient (Wildman–Crippen LogP) is 1.28. The average molecular weight is 211 g/mol. The van der Waals surface area contributed by atoms with Gasteiger partial charge in [0.25, 0.3) is 0 Å². The SMILES string of the molecule is Nc1cc(F)c(N)c(OC(F)(F)F)n1. The topological polar surface area (TPSA) is 74.2 Å². The van der Waals surface area contributed by atoms with E-state index < -0.39 is 29.6 Å². The normalized spacial score (nSPS) is 11.4. The van der Waals surface area contributed by atoms with Gasteiger partial charge in [0.15, 0.2) is 5.82 Å². The van der Waals surface area contributed by atoms with Crippen LogP contribution in [0.15, 0.2) is 6.07 Å². The molecular formula is C6H5F4N3O. The molecule has 0 unspecified atom stereocenters. The van der Waals surface area contributed by atoms with Crippen molar-refractivity contribution in [1.82, 2.24) is 4.98 Å². The van der Waals surface area contributed by atoms with E-state index in [-0.39, 0.29) is 0 Å². The number of hydrogen-bond acceptors (Lipinski definition) is 4. The lowest BCUT2D eigenvalue weighted by Gasteiger charge is -2.10. The molecule has 0 fully saturated rings. The quantitative estimate of drug-likeness (QED) is 0.686. The van der Waals surface area contributed by atoms with Crippen LogP contribution in [0.1, 0.15) is 0 Å². The van der Waals surface area contributed by atoms with Gasteiger partial charge in [0.05, 0.1) is 0 Å². The van der Waals surface area contributed by atoms with Gasteiger partial charge in [0, 0.05) is 6.07 Å². The number of halogens is 4. The molecule has 0 atom stereocenters. The number of pyridine rings is 1. The minimum Gasteiger partial charge on any atom is -0.392 e. The molecular weight excluding hydrogens is 206 g/mol. The van der Waals surface area contributed by atoms with Crippen LogP contribution in [-0.2, 0) is 0 Å². The minimum absolute atomic E-state index is 0.448. The molecule has 0 aromatic carbocycles. The summed E-state index contributed by atoms with van der Waals surface area (Å²) < 4.78 is 51.2. The summed E-state index contributed by atoms with van der Waals surface area (Å²) in [6.07, 6.45) is -4.98. The lowest BCUT2D eigenvalue weighted by atomic mass is 10.4. The number of ether oxygens (including phenoxy) is 1. The molecule has 0 spiro atoms. The van der Waals surface area contributed by atoms with E-state index in [0.29, 0.717) is 6.07 Å². The minimum atomic E-state index is -4.98. The Morgan fingerprint density at radius 2 is 1.86 bits per heavy atom. The number of rotatable bonds is 1. The fraction of sp³-hybridized carbons (Fsp3) is 0.167. The molecule has 1 rings (SSSR count). The largest absolute Gasteiger partial charge is 0.574 e. The number of aromatic nitrogens is 1. The third kappa shape index (κ3) is 2.38. The van der Waals surface area contributed by atoms with Crippen LogP contribution in [0.3, 0.4) is 0 Å². The van der Waals surface area contributed by atoms with Crippen LogP contribution in [0.25, 0.3) is 0 Å². The van der Waals surface area contributed by atoms with Crippen LogP contribution in [0, 0.1) is 5.82 Å². The molecule has 0 radical (unpaired) electrons. The first-order valence-electron chi connectivity index (χ1n) is 3.27. The molecule has 0 amide bonds. The first-order valence-corrected chi connectivity index (χ1v) is 3.27.